The average molecular weight is 661 g/mol. The number of fused-ring (bicyclic) bond motifs is 3. The molecule has 0 aliphatic carbocycles. The van der Waals surface area contributed by atoms with E-state index in [-0.39, 0.29) is 57.7 Å². The fourth-order valence-corrected chi connectivity index (χ4v) is 7.25. The molecule has 0 radical (unpaired) electrons. The number of methoxy groups -OCH3 is 1. The second kappa shape index (κ2) is 14.0. The van der Waals surface area contributed by atoms with Gasteiger partial charge in [-0.15, -0.1) is 6.42 Å². The lowest BCUT2D eigenvalue weighted by atomic mass is 9.94. The summed E-state index contributed by atoms with van der Waals surface area (Å²) in [5.74, 6) is 1.21. The summed E-state index contributed by atoms with van der Waals surface area (Å²) in [6, 6.07) is 5.42. The standard InChI is InChI=1S/C34H33F3N6O3.C2H6/c1-3-24-27(36)6-5-21-11-23(44)12-25(28(21)24)30-29(37)31-26(15-39-30)32(42-10-8-38-22(17-42)18-45-2)41-33(40-31)46-19-34-7-4-9-43(34)16-20(13-34)14-35;1-2/h1,5-6,11-12,14-15,22,38,44H,4,7-10,13,16-19H2,2H3;1-2H3/b20-14-;. The van der Waals surface area contributed by atoms with Crippen molar-refractivity contribution in [2.24, 2.45) is 0 Å². The number of nitrogens with zero attached hydrogens (tertiary/aromatic N) is 5. The number of benzene rings is 2. The summed E-state index contributed by atoms with van der Waals surface area (Å²) in [7, 11) is 1.63. The average Bonchev–Trinajstić information content (AvgIpc) is 3.66. The van der Waals surface area contributed by atoms with E-state index in [1.54, 1.807) is 7.11 Å². The molecule has 7 rings (SSSR count). The van der Waals surface area contributed by atoms with Crippen LogP contribution in [0.5, 0.6) is 11.8 Å². The summed E-state index contributed by atoms with van der Waals surface area (Å²) < 4.78 is 56.7. The number of hydrogen-bond donors (Lipinski definition) is 2. The van der Waals surface area contributed by atoms with Crippen LogP contribution in [0, 0.1) is 24.0 Å². The van der Waals surface area contributed by atoms with Gasteiger partial charge in [-0.05, 0) is 55.0 Å². The Morgan fingerprint density at radius 2 is 2.04 bits per heavy atom. The van der Waals surface area contributed by atoms with Crippen LogP contribution in [0.3, 0.4) is 0 Å². The van der Waals surface area contributed by atoms with E-state index in [1.807, 2.05) is 18.7 Å². The molecule has 0 saturated carbocycles. The molecule has 2 unspecified atom stereocenters. The highest BCUT2D eigenvalue weighted by atomic mass is 19.1. The van der Waals surface area contributed by atoms with E-state index in [0.717, 1.165) is 25.0 Å². The Bertz CT molecular complexity index is 1910. The number of rotatable bonds is 7. The zero-order chi connectivity index (χ0) is 34.0. The Labute approximate surface area is 277 Å². The van der Waals surface area contributed by atoms with Crippen LogP contribution >= 0.6 is 0 Å². The predicted octanol–water partition coefficient (Wildman–Crippen LogP) is 5.73. The molecule has 3 saturated heterocycles. The molecule has 0 amide bonds. The van der Waals surface area contributed by atoms with E-state index < -0.39 is 11.6 Å². The lowest BCUT2D eigenvalue weighted by Gasteiger charge is -2.35. The minimum Gasteiger partial charge on any atom is -0.508 e. The van der Waals surface area contributed by atoms with Crippen LogP contribution in [0.1, 0.15) is 38.7 Å². The molecule has 4 aromatic rings. The summed E-state index contributed by atoms with van der Waals surface area (Å²) in [6.45, 7) is 7.84. The summed E-state index contributed by atoms with van der Waals surface area (Å²) in [5.41, 5.74) is 0.203. The fraction of sp³-hybridized carbons (Fsp3) is 0.417. The van der Waals surface area contributed by atoms with E-state index >= 15 is 4.39 Å². The van der Waals surface area contributed by atoms with Crippen molar-refractivity contribution < 1.29 is 27.8 Å². The number of phenols is 1. The number of phenolic OH excluding ortho intramolecular Hbond substituents is 1. The van der Waals surface area contributed by atoms with Gasteiger partial charge in [0, 0.05) is 56.5 Å². The van der Waals surface area contributed by atoms with Crippen LogP contribution in [-0.2, 0) is 4.74 Å². The van der Waals surface area contributed by atoms with Crippen molar-refractivity contribution in [3.05, 3.63) is 59.6 Å². The van der Waals surface area contributed by atoms with E-state index in [4.69, 9.17) is 20.9 Å². The number of pyridine rings is 1. The first kappa shape index (κ1) is 33.5. The Kier molecular flexibility index (Phi) is 9.73. The molecule has 0 bridgehead atoms. The van der Waals surface area contributed by atoms with Gasteiger partial charge in [0.1, 0.15) is 35.2 Å². The van der Waals surface area contributed by atoms with Gasteiger partial charge in [0.2, 0.25) is 0 Å². The number of nitrogens with one attached hydrogen (secondary N) is 1. The quantitative estimate of drug-likeness (QED) is 0.241. The van der Waals surface area contributed by atoms with Crippen LogP contribution in [0.2, 0.25) is 0 Å². The first-order valence-electron chi connectivity index (χ1n) is 16.3. The van der Waals surface area contributed by atoms with Gasteiger partial charge < -0.3 is 24.8 Å². The molecule has 2 atom stereocenters. The maximum absolute atomic E-state index is 16.8. The van der Waals surface area contributed by atoms with Crippen molar-refractivity contribution in [1.82, 2.24) is 25.2 Å². The molecule has 2 aromatic heterocycles. The summed E-state index contributed by atoms with van der Waals surface area (Å²) in [4.78, 5) is 18.0. The van der Waals surface area contributed by atoms with Crippen LogP contribution < -0.4 is 15.0 Å². The second-order valence-electron chi connectivity index (χ2n) is 12.2. The monoisotopic (exact) mass is 660 g/mol. The van der Waals surface area contributed by atoms with Crippen LogP contribution in [0.25, 0.3) is 32.9 Å². The van der Waals surface area contributed by atoms with Gasteiger partial charge in [0.15, 0.2) is 5.82 Å². The van der Waals surface area contributed by atoms with Gasteiger partial charge in [-0.1, -0.05) is 25.8 Å². The van der Waals surface area contributed by atoms with Crippen molar-refractivity contribution >= 4 is 27.5 Å². The summed E-state index contributed by atoms with van der Waals surface area (Å²) in [6.07, 6.45) is 10.2. The third-order valence-electron chi connectivity index (χ3n) is 9.33. The Morgan fingerprint density at radius 1 is 1.21 bits per heavy atom. The van der Waals surface area contributed by atoms with Crippen molar-refractivity contribution in [2.45, 2.75) is 44.7 Å². The first-order valence-corrected chi connectivity index (χ1v) is 16.3. The Hall–Kier alpha value is -4.44. The molecule has 9 nitrogen and oxygen atoms in total. The number of terminal acetylenes is 1. The topological polar surface area (TPSA) is 95.9 Å². The lowest BCUT2D eigenvalue weighted by molar-refractivity contribution is 0.108. The highest BCUT2D eigenvalue weighted by molar-refractivity contribution is 6.03. The fourth-order valence-electron chi connectivity index (χ4n) is 7.25. The third-order valence-corrected chi connectivity index (χ3v) is 9.33. The van der Waals surface area contributed by atoms with E-state index in [1.165, 1.54) is 30.5 Å². The number of aromatic nitrogens is 3. The SMILES string of the molecule is C#Cc1c(F)ccc2cc(O)cc(-c3ncc4c(N5CCNC(COC)C5)nc(OCC56CCCN5C/C(=C\F)C6)nc4c3F)c12.CC. The van der Waals surface area contributed by atoms with Gasteiger partial charge in [-0.3, -0.25) is 9.88 Å². The van der Waals surface area contributed by atoms with E-state index in [9.17, 15) is 13.9 Å². The molecular formula is C36H39F3N6O3. The number of halogens is 3. The van der Waals surface area contributed by atoms with Crippen LogP contribution in [-0.4, -0.2) is 89.6 Å². The third kappa shape index (κ3) is 6.02. The van der Waals surface area contributed by atoms with Crippen molar-refractivity contribution in [3.8, 4) is 35.4 Å². The lowest BCUT2D eigenvalue weighted by Crippen LogP contribution is -2.53. The molecule has 2 aromatic carbocycles. The van der Waals surface area contributed by atoms with Crippen LogP contribution in [0.15, 0.2) is 42.4 Å². The van der Waals surface area contributed by atoms with Crippen molar-refractivity contribution in [1.29, 1.82) is 0 Å². The number of hydrogen-bond acceptors (Lipinski definition) is 9. The van der Waals surface area contributed by atoms with Gasteiger partial charge in [0.05, 0.1) is 29.4 Å². The van der Waals surface area contributed by atoms with E-state index in [0.29, 0.717) is 62.1 Å². The minimum absolute atomic E-state index is 0.0104. The highest BCUT2D eigenvalue weighted by Crippen LogP contribution is 2.42. The maximum atomic E-state index is 16.8. The zero-order valence-electron chi connectivity index (χ0n) is 27.3. The summed E-state index contributed by atoms with van der Waals surface area (Å²) in [5, 5.41) is 15.0. The molecule has 252 valence electrons. The van der Waals surface area contributed by atoms with Gasteiger partial charge in [-0.25, -0.2) is 13.2 Å². The number of piperazine rings is 1. The molecule has 12 heteroatoms. The first-order chi connectivity index (χ1) is 23.3. The van der Waals surface area contributed by atoms with Crippen molar-refractivity contribution in [2.75, 3.05) is 57.9 Å². The molecule has 2 N–H and O–H groups in total. The largest absolute Gasteiger partial charge is 0.508 e. The number of aromatic hydroxyl groups is 1. The summed E-state index contributed by atoms with van der Waals surface area (Å²) >= 11 is 0. The normalized spacial score (nSPS) is 21.7. The molecule has 48 heavy (non-hydrogen) atoms. The molecule has 0 spiro atoms. The second-order valence-corrected chi connectivity index (χ2v) is 12.2. The molecule has 3 aliphatic heterocycles. The predicted molar refractivity (Wildman–Crippen MR) is 180 cm³/mol. The minimum atomic E-state index is -0.794. The number of anilines is 1. The number of ether oxygens (including phenoxy) is 2. The highest BCUT2D eigenvalue weighted by Gasteiger charge is 2.47. The van der Waals surface area contributed by atoms with Crippen molar-refractivity contribution in [3.63, 3.8) is 0 Å². The van der Waals surface area contributed by atoms with Gasteiger partial charge in [0.25, 0.3) is 0 Å². The molecule has 5 heterocycles. The van der Waals surface area contributed by atoms with Crippen LogP contribution in [0.4, 0.5) is 19.0 Å². The molecular weight excluding hydrogens is 621 g/mol. The molecule has 3 aliphatic rings. The van der Waals surface area contributed by atoms with Gasteiger partial charge in [-0.2, -0.15) is 9.97 Å². The smallest absolute Gasteiger partial charge is 0.319 e. The van der Waals surface area contributed by atoms with Gasteiger partial charge >= 0.3 is 6.01 Å². The maximum Gasteiger partial charge on any atom is 0.319 e. The molecule has 3 fully saturated rings. The Balaban J connectivity index is 0.00000197. The zero-order valence-corrected chi connectivity index (χ0v) is 27.3. The Morgan fingerprint density at radius 3 is 2.81 bits per heavy atom. The van der Waals surface area contributed by atoms with E-state index in [2.05, 4.69) is 26.1 Å².